The molecule has 0 aliphatic carbocycles. The second-order valence-corrected chi connectivity index (χ2v) is 9.20. The van der Waals surface area contributed by atoms with E-state index in [0.29, 0.717) is 24.6 Å². The van der Waals surface area contributed by atoms with Crippen molar-refractivity contribution in [2.24, 2.45) is 5.92 Å². The van der Waals surface area contributed by atoms with Gasteiger partial charge in [-0.2, -0.15) is 4.31 Å². The van der Waals surface area contributed by atoms with E-state index in [1.165, 1.54) is 34.8 Å². The molecule has 1 aromatic heterocycles. The highest BCUT2D eigenvalue weighted by Gasteiger charge is 2.30. The minimum Gasteiger partial charge on any atom is -0.350 e. The first-order chi connectivity index (χ1) is 13.8. The zero-order chi connectivity index (χ0) is 21.0. The number of sulfonamides is 1. The van der Waals surface area contributed by atoms with Crippen LogP contribution in [0.2, 0.25) is 0 Å². The Kier molecular flexibility index (Phi) is 6.49. The molecule has 1 fully saturated rings. The van der Waals surface area contributed by atoms with Crippen LogP contribution in [0.1, 0.15) is 25.3 Å². The maximum atomic E-state index is 12.9. The highest BCUT2D eigenvalue weighted by molar-refractivity contribution is 7.89. The standard InChI is InChI=1S/C20H24FN3O4S/c1-15-8-11-24(12-9-15)29(27,28)18-3-2-10-23(20(18)26)14-19(25)22-13-16-4-6-17(21)7-5-16/h2-7,10,15H,8-9,11-14H2,1H3,(H,22,25). The molecule has 0 radical (unpaired) electrons. The second-order valence-electron chi connectivity index (χ2n) is 7.30. The summed E-state index contributed by atoms with van der Waals surface area (Å²) in [5.41, 5.74) is -0.00851. The third kappa shape index (κ3) is 5.10. The van der Waals surface area contributed by atoms with E-state index in [4.69, 9.17) is 0 Å². The molecule has 1 aromatic carbocycles. The van der Waals surface area contributed by atoms with Crippen LogP contribution in [-0.2, 0) is 27.9 Å². The number of benzene rings is 1. The highest BCUT2D eigenvalue weighted by Crippen LogP contribution is 2.21. The van der Waals surface area contributed by atoms with E-state index >= 15 is 0 Å². The molecular formula is C20H24FN3O4S. The molecule has 9 heteroatoms. The van der Waals surface area contributed by atoms with Crippen molar-refractivity contribution in [2.45, 2.75) is 37.8 Å². The Bertz CT molecular complexity index is 1030. The number of carbonyl (C=O) groups excluding carboxylic acids is 1. The molecule has 3 rings (SSSR count). The van der Waals surface area contributed by atoms with Crippen LogP contribution < -0.4 is 10.9 Å². The summed E-state index contributed by atoms with van der Waals surface area (Å²) < 4.78 is 41.1. The van der Waals surface area contributed by atoms with Crippen molar-refractivity contribution < 1.29 is 17.6 Å². The van der Waals surface area contributed by atoms with E-state index in [1.54, 1.807) is 12.1 Å². The Balaban J connectivity index is 1.70. The summed E-state index contributed by atoms with van der Waals surface area (Å²) in [5, 5.41) is 2.64. The SMILES string of the molecule is CC1CCN(S(=O)(=O)c2cccn(CC(=O)NCc3ccc(F)cc3)c2=O)CC1. The van der Waals surface area contributed by atoms with E-state index in [1.807, 2.05) is 0 Å². The fourth-order valence-electron chi connectivity index (χ4n) is 3.21. The third-order valence-electron chi connectivity index (χ3n) is 5.06. The molecule has 0 spiro atoms. The van der Waals surface area contributed by atoms with Gasteiger partial charge in [0.25, 0.3) is 5.56 Å². The lowest BCUT2D eigenvalue weighted by Crippen LogP contribution is -2.41. The first-order valence-corrected chi connectivity index (χ1v) is 10.9. The lowest BCUT2D eigenvalue weighted by Gasteiger charge is -2.29. The number of hydrogen-bond acceptors (Lipinski definition) is 4. The fraction of sp³-hybridized carbons (Fsp3) is 0.400. The number of aromatic nitrogens is 1. The van der Waals surface area contributed by atoms with Crippen LogP contribution in [0, 0.1) is 11.7 Å². The summed E-state index contributed by atoms with van der Waals surface area (Å²) in [7, 11) is -3.90. The zero-order valence-electron chi connectivity index (χ0n) is 16.2. The quantitative estimate of drug-likeness (QED) is 0.769. The Labute approximate surface area is 169 Å². The summed E-state index contributed by atoms with van der Waals surface area (Å²) in [4.78, 5) is 24.6. The van der Waals surface area contributed by atoms with Gasteiger partial charge in [-0.05, 0) is 48.6 Å². The van der Waals surface area contributed by atoms with Gasteiger partial charge in [-0.1, -0.05) is 19.1 Å². The normalized spacial score (nSPS) is 15.9. The number of rotatable bonds is 6. The molecule has 0 unspecified atom stereocenters. The summed E-state index contributed by atoms with van der Waals surface area (Å²) in [6.07, 6.45) is 2.90. The van der Waals surface area contributed by atoms with E-state index in [9.17, 15) is 22.4 Å². The van der Waals surface area contributed by atoms with Crippen LogP contribution in [0.5, 0.6) is 0 Å². The molecule has 7 nitrogen and oxygen atoms in total. The highest BCUT2D eigenvalue weighted by atomic mass is 32.2. The summed E-state index contributed by atoms with van der Waals surface area (Å²) >= 11 is 0. The minimum absolute atomic E-state index is 0.178. The van der Waals surface area contributed by atoms with Gasteiger partial charge in [-0.25, -0.2) is 12.8 Å². The molecule has 2 heterocycles. The maximum absolute atomic E-state index is 12.9. The van der Waals surface area contributed by atoms with Crippen molar-refractivity contribution in [1.29, 1.82) is 0 Å². The van der Waals surface area contributed by atoms with Gasteiger partial charge in [0.1, 0.15) is 17.3 Å². The Morgan fingerprint density at radius 2 is 1.83 bits per heavy atom. The van der Waals surface area contributed by atoms with Gasteiger partial charge < -0.3 is 9.88 Å². The van der Waals surface area contributed by atoms with Gasteiger partial charge in [-0.3, -0.25) is 9.59 Å². The molecule has 1 N–H and O–H groups in total. The predicted molar refractivity (Wildman–Crippen MR) is 106 cm³/mol. The van der Waals surface area contributed by atoms with Gasteiger partial charge in [0, 0.05) is 25.8 Å². The van der Waals surface area contributed by atoms with E-state index in [2.05, 4.69) is 12.2 Å². The molecule has 1 amide bonds. The van der Waals surface area contributed by atoms with Crippen LogP contribution in [0.4, 0.5) is 4.39 Å². The molecule has 29 heavy (non-hydrogen) atoms. The topological polar surface area (TPSA) is 88.5 Å². The van der Waals surface area contributed by atoms with Gasteiger partial charge in [-0.15, -0.1) is 0 Å². The predicted octanol–water partition coefficient (Wildman–Crippen LogP) is 1.72. The van der Waals surface area contributed by atoms with Crippen LogP contribution in [0.25, 0.3) is 0 Å². The van der Waals surface area contributed by atoms with Crippen LogP contribution in [0.15, 0.2) is 52.3 Å². The molecule has 156 valence electrons. The first-order valence-electron chi connectivity index (χ1n) is 9.48. The van der Waals surface area contributed by atoms with Crippen molar-refractivity contribution in [2.75, 3.05) is 13.1 Å². The van der Waals surface area contributed by atoms with Gasteiger partial charge in [0.15, 0.2) is 0 Å². The second kappa shape index (κ2) is 8.87. The van der Waals surface area contributed by atoms with Crippen molar-refractivity contribution in [3.63, 3.8) is 0 Å². The smallest absolute Gasteiger partial charge is 0.271 e. The number of amides is 1. The number of pyridine rings is 1. The summed E-state index contributed by atoms with van der Waals surface area (Å²) in [6.45, 7) is 2.72. The van der Waals surface area contributed by atoms with Crippen molar-refractivity contribution >= 4 is 15.9 Å². The van der Waals surface area contributed by atoms with Gasteiger partial charge >= 0.3 is 0 Å². The van der Waals surface area contributed by atoms with E-state index in [0.717, 1.165) is 17.4 Å². The maximum Gasteiger partial charge on any atom is 0.271 e. The molecule has 0 saturated carbocycles. The van der Waals surface area contributed by atoms with Crippen molar-refractivity contribution in [3.8, 4) is 0 Å². The van der Waals surface area contributed by atoms with E-state index < -0.39 is 21.5 Å². The largest absolute Gasteiger partial charge is 0.350 e. The Morgan fingerprint density at radius 1 is 1.17 bits per heavy atom. The summed E-state index contributed by atoms with van der Waals surface area (Å²) in [5.74, 6) is -0.357. The number of nitrogens with one attached hydrogen (secondary N) is 1. The van der Waals surface area contributed by atoms with Gasteiger partial charge in [0.2, 0.25) is 15.9 Å². The Hall–Kier alpha value is -2.52. The minimum atomic E-state index is -3.90. The fourth-order valence-corrected chi connectivity index (χ4v) is 4.77. The molecule has 1 aliphatic rings. The zero-order valence-corrected chi connectivity index (χ0v) is 17.0. The molecule has 1 aliphatic heterocycles. The molecular weight excluding hydrogens is 397 g/mol. The lowest BCUT2D eigenvalue weighted by molar-refractivity contribution is -0.121. The molecule has 0 atom stereocenters. The number of piperidine rings is 1. The number of hydrogen-bond donors (Lipinski definition) is 1. The number of carbonyl (C=O) groups is 1. The van der Waals surface area contributed by atoms with Gasteiger partial charge in [0.05, 0.1) is 0 Å². The van der Waals surface area contributed by atoms with Crippen LogP contribution >= 0.6 is 0 Å². The van der Waals surface area contributed by atoms with E-state index in [-0.39, 0.29) is 23.8 Å². The molecule has 0 bridgehead atoms. The Morgan fingerprint density at radius 3 is 2.48 bits per heavy atom. The van der Waals surface area contributed by atoms with Crippen LogP contribution in [0.3, 0.4) is 0 Å². The number of halogens is 1. The average molecular weight is 421 g/mol. The molecule has 2 aromatic rings. The molecule has 1 saturated heterocycles. The average Bonchev–Trinajstić information content (AvgIpc) is 2.69. The summed E-state index contributed by atoms with van der Waals surface area (Å²) in [6, 6.07) is 8.42. The van der Waals surface area contributed by atoms with Crippen molar-refractivity contribution in [3.05, 3.63) is 64.3 Å². The third-order valence-corrected chi connectivity index (χ3v) is 6.97. The van der Waals surface area contributed by atoms with Crippen molar-refractivity contribution in [1.82, 2.24) is 14.2 Å². The van der Waals surface area contributed by atoms with Crippen LogP contribution in [-0.4, -0.2) is 36.3 Å². The number of nitrogens with zero attached hydrogens (tertiary/aromatic N) is 2. The monoisotopic (exact) mass is 421 g/mol. The first kappa shape index (κ1) is 21.2. The lowest BCUT2D eigenvalue weighted by atomic mass is 10.0.